The highest BCUT2D eigenvalue weighted by molar-refractivity contribution is 6.39. The Hall–Kier alpha value is -2.30. The van der Waals surface area contributed by atoms with Gasteiger partial charge in [-0.1, -0.05) is 41.4 Å². The third-order valence-corrected chi connectivity index (χ3v) is 4.81. The smallest absolute Gasteiger partial charge is 0.228 e. The molecule has 0 fully saturated rings. The number of carbonyl (C=O) groups is 1. The Morgan fingerprint density at radius 3 is 2.48 bits per heavy atom. The number of rotatable bonds is 3. The van der Waals surface area contributed by atoms with E-state index in [0.29, 0.717) is 21.4 Å². The van der Waals surface area contributed by atoms with E-state index in [1.165, 1.54) is 0 Å². The number of aryl methyl sites for hydroxylation is 2. The number of fused-ring (bicyclic) bond motifs is 1. The topological polar surface area (TPSA) is 68.0 Å². The molecular formula is C19H17Cl2N3O. The summed E-state index contributed by atoms with van der Waals surface area (Å²) in [6.45, 7) is 3.93. The van der Waals surface area contributed by atoms with Crippen molar-refractivity contribution in [2.45, 2.75) is 20.3 Å². The number of carbonyl (C=O) groups excluding carboxylic acids is 1. The lowest BCUT2D eigenvalue weighted by Gasteiger charge is -2.13. The SMILES string of the molecule is Cc1nc2ccccc2c(C)c1CC(=O)Nc1cc(Cl)c(N)c(Cl)c1. The van der Waals surface area contributed by atoms with E-state index >= 15 is 0 Å². The molecule has 0 radical (unpaired) electrons. The molecule has 0 unspecified atom stereocenters. The van der Waals surface area contributed by atoms with Gasteiger partial charge < -0.3 is 11.1 Å². The second kappa shape index (κ2) is 6.90. The number of halogens is 2. The number of nitrogens with zero attached hydrogens (tertiary/aromatic N) is 1. The van der Waals surface area contributed by atoms with E-state index < -0.39 is 0 Å². The molecule has 2 aromatic carbocycles. The standard InChI is InChI=1S/C19H17Cl2N3O/c1-10-13-5-3-4-6-17(13)23-11(2)14(10)9-18(25)24-12-7-15(20)19(22)16(21)8-12/h3-8H,9,22H2,1-2H3,(H,24,25). The maximum absolute atomic E-state index is 12.5. The van der Waals surface area contributed by atoms with Crippen molar-refractivity contribution in [2.75, 3.05) is 11.1 Å². The van der Waals surface area contributed by atoms with E-state index in [0.717, 1.165) is 27.7 Å². The summed E-state index contributed by atoms with van der Waals surface area (Å²) >= 11 is 12.0. The average molecular weight is 374 g/mol. The fourth-order valence-corrected chi connectivity index (χ4v) is 3.34. The predicted molar refractivity (Wildman–Crippen MR) is 104 cm³/mol. The number of anilines is 2. The number of nitrogen functional groups attached to an aromatic ring is 1. The molecule has 0 bridgehead atoms. The van der Waals surface area contributed by atoms with Crippen LogP contribution < -0.4 is 11.1 Å². The molecule has 25 heavy (non-hydrogen) atoms. The highest BCUT2D eigenvalue weighted by Crippen LogP contribution is 2.31. The van der Waals surface area contributed by atoms with Crippen molar-refractivity contribution in [3.8, 4) is 0 Å². The molecule has 0 spiro atoms. The minimum absolute atomic E-state index is 0.166. The molecule has 1 amide bonds. The number of nitrogens with one attached hydrogen (secondary N) is 1. The Labute approximate surface area is 156 Å². The van der Waals surface area contributed by atoms with Crippen LogP contribution in [0.25, 0.3) is 10.9 Å². The molecule has 0 aliphatic carbocycles. The molecule has 128 valence electrons. The minimum atomic E-state index is -0.166. The summed E-state index contributed by atoms with van der Waals surface area (Å²) in [4.78, 5) is 17.1. The number of aromatic nitrogens is 1. The number of pyridine rings is 1. The summed E-state index contributed by atoms with van der Waals surface area (Å²) in [5.41, 5.74) is 10.3. The van der Waals surface area contributed by atoms with Gasteiger partial charge in [0.2, 0.25) is 5.91 Å². The second-order valence-corrected chi connectivity index (χ2v) is 6.71. The molecule has 0 aliphatic rings. The van der Waals surface area contributed by atoms with Crippen LogP contribution in [0.4, 0.5) is 11.4 Å². The summed E-state index contributed by atoms with van der Waals surface area (Å²) in [6.07, 6.45) is 0.217. The number of hydrogen-bond donors (Lipinski definition) is 2. The van der Waals surface area contributed by atoms with Crippen LogP contribution in [0.15, 0.2) is 36.4 Å². The quantitative estimate of drug-likeness (QED) is 0.640. The van der Waals surface area contributed by atoms with E-state index in [-0.39, 0.29) is 12.3 Å². The number of hydrogen-bond acceptors (Lipinski definition) is 3. The fourth-order valence-electron chi connectivity index (χ4n) is 2.85. The van der Waals surface area contributed by atoms with Gasteiger partial charge in [-0.3, -0.25) is 9.78 Å². The van der Waals surface area contributed by atoms with Crippen LogP contribution in [0.2, 0.25) is 10.0 Å². The Morgan fingerprint density at radius 1 is 1.16 bits per heavy atom. The number of benzene rings is 2. The first kappa shape index (κ1) is 17.5. The molecule has 3 aromatic rings. The van der Waals surface area contributed by atoms with Gasteiger partial charge in [-0.05, 0) is 43.2 Å². The molecule has 0 atom stereocenters. The first-order chi connectivity index (χ1) is 11.9. The summed E-state index contributed by atoms with van der Waals surface area (Å²) < 4.78 is 0. The van der Waals surface area contributed by atoms with Crippen molar-refractivity contribution in [1.29, 1.82) is 0 Å². The Bertz CT molecular complexity index is 963. The lowest BCUT2D eigenvalue weighted by Crippen LogP contribution is -2.16. The molecule has 1 heterocycles. The normalized spacial score (nSPS) is 10.9. The van der Waals surface area contributed by atoms with Crippen LogP contribution in [0.5, 0.6) is 0 Å². The second-order valence-electron chi connectivity index (χ2n) is 5.90. The van der Waals surface area contributed by atoms with Crippen molar-refractivity contribution in [3.05, 3.63) is 63.3 Å². The fraction of sp³-hybridized carbons (Fsp3) is 0.158. The molecule has 1 aromatic heterocycles. The first-order valence-electron chi connectivity index (χ1n) is 7.76. The van der Waals surface area contributed by atoms with Gasteiger partial charge in [0.1, 0.15) is 0 Å². The van der Waals surface area contributed by atoms with Gasteiger partial charge >= 0.3 is 0 Å². The third-order valence-electron chi connectivity index (χ3n) is 4.19. The van der Waals surface area contributed by atoms with Gasteiger partial charge in [0.15, 0.2) is 0 Å². The van der Waals surface area contributed by atoms with Crippen LogP contribution in [-0.4, -0.2) is 10.9 Å². The zero-order valence-corrected chi connectivity index (χ0v) is 15.4. The maximum Gasteiger partial charge on any atom is 0.228 e. The van der Waals surface area contributed by atoms with Crippen molar-refractivity contribution in [3.63, 3.8) is 0 Å². The van der Waals surface area contributed by atoms with Crippen LogP contribution in [0.1, 0.15) is 16.8 Å². The summed E-state index contributed by atoms with van der Waals surface area (Å²) in [7, 11) is 0. The summed E-state index contributed by atoms with van der Waals surface area (Å²) in [5, 5.41) is 4.48. The predicted octanol–water partition coefficient (Wildman–Crippen LogP) is 4.92. The van der Waals surface area contributed by atoms with E-state index in [1.54, 1.807) is 12.1 Å². The Balaban J connectivity index is 1.87. The van der Waals surface area contributed by atoms with E-state index in [4.69, 9.17) is 28.9 Å². The monoisotopic (exact) mass is 373 g/mol. The van der Waals surface area contributed by atoms with Gasteiger partial charge in [-0.2, -0.15) is 0 Å². The van der Waals surface area contributed by atoms with Crippen LogP contribution >= 0.6 is 23.2 Å². The zero-order valence-electron chi connectivity index (χ0n) is 13.9. The molecule has 3 N–H and O–H groups in total. The number of para-hydroxylation sites is 1. The highest BCUT2D eigenvalue weighted by Gasteiger charge is 2.14. The summed E-state index contributed by atoms with van der Waals surface area (Å²) in [6, 6.07) is 11.1. The summed E-state index contributed by atoms with van der Waals surface area (Å²) in [5.74, 6) is -0.166. The first-order valence-corrected chi connectivity index (χ1v) is 8.51. The van der Waals surface area contributed by atoms with Gasteiger partial charge in [0, 0.05) is 16.8 Å². The molecule has 0 saturated heterocycles. The van der Waals surface area contributed by atoms with Crippen LogP contribution in [0.3, 0.4) is 0 Å². The van der Waals surface area contributed by atoms with E-state index in [1.807, 2.05) is 38.1 Å². The maximum atomic E-state index is 12.5. The molecule has 6 heteroatoms. The zero-order chi connectivity index (χ0) is 18.1. The molecule has 3 rings (SSSR count). The largest absolute Gasteiger partial charge is 0.396 e. The van der Waals surface area contributed by atoms with Gasteiger partial charge in [-0.25, -0.2) is 0 Å². The van der Waals surface area contributed by atoms with Gasteiger partial charge in [-0.15, -0.1) is 0 Å². The van der Waals surface area contributed by atoms with Crippen LogP contribution in [0, 0.1) is 13.8 Å². The highest BCUT2D eigenvalue weighted by atomic mass is 35.5. The van der Waals surface area contributed by atoms with Crippen molar-refractivity contribution in [1.82, 2.24) is 4.98 Å². The van der Waals surface area contributed by atoms with Crippen LogP contribution in [-0.2, 0) is 11.2 Å². The van der Waals surface area contributed by atoms with Gasteiger partial charge in [0.25, 0.3) is 0 Å². The van der Waals surface area contributed by atoms with E-state index in [9.17, 15) is 4.79 Å². The minimum Gasteiger partial charge on any atom is -0.396 e. The van der Waals surface area contributed by atoms with Crippen molar-refractivity contribution in [2.24, 2.45) is 0 Å². The Morgan fingerprint density at radius 2 is 1.80 bits per heavy atom. The number of nitrogens with two attached hydrogens (primary N) is 1. The molecule has 4 nitrogen and oxygen atoms in total. The average Bonchev–Trinajstić information content (AvgIpc) is 2.56. The van der Waals surface area contributed by atoms with E-state index in [2.05, 4.69) is 10.3 Å². The molecular weight excluding hydrogens is 357 g/mol. The van der Waals surface area contributed by atoms with Gasteiger partial charge in [0.05, 0.1) is 27.7 Å². The van der Waals surface area contributed by atoms with Crippen molar-refractivity contribution < 1.29 is 4.79 Å². The lowest BCUT2D eigenvalue weighted by molar-refractivity contribution is -0.115. The molecule has 0 aliphatic heterocycles. The Kier molecular flexibility index (Phi) is 4.84. The lowest BCUT2D eigenvalue weighted by atomic mass is 9.99. The van der Waals surface area contributed by atoms with Crippen molar-refractivity contribution >= 4 is 51.4 Å². The number of amides is 1. The third kappa shape index (κ3) is 3.55. The molecule has 0 saturated carbocycles.